The molecule has 0 radical (unpaired) electrons. The first-order chi connectivity index (χ1) is 17.3. The molecule has 36 heavy (non-hydrogen) atoms. The van der Waals surface area contributed by atoms with Crippen LogP contribution in [0, 0.1) is 17.6 Å². The zero-order valence-electron chi connectivity index (χ0n) is 19.8. The van der Waals surface area contributed by atoms with Crippen LogP contribution in [-0.2, 0) is 27.3 Å². The second-order valence-electron chi connectivity index (χ2n) is 8.91. The third kappa shape index (κ3) is 6.13. The number of amides is 3. The minimum atomic E-state index is -1.12. The molecule has 2 unspecified atom stereocenters. The van der Waals surface area contributed by atoms with Crippen molar-refractivity contribution in [3.05, 3.63) is 107 Å². The first-order valence-corrected chi connectivity index (χ1v) is 11.7. The van der Waals surface area contributed by atoms with Crippen LogP contribution < -0.4 is 10.6 Å². The number of carbonyl (C=O) groups is 3. The molecule has 3 amide bonds. The predicted octanol–water partition coefficient (Wildman–Crippen LogP) is 3.56. The molecule has 1 heterocycles. The summed E-state index contributed by atoms with van der Waals surface area (Å²) in [5.41, 5.74) is 3.23. The number of nitrogens with zero attached hydrogens (tertiary/aromatic N) is 1. The van der Waals surface area contributed by atoms with E-state index in [9.17, 15) is 23.2 Å². The van der Waals surface area contributed by atoms with Crippen molar-refractivity contribution in [2.24, 2.45) is 5.92 Å². The summed E-state index contributed by atoms with van der Waals surface area (Å²) in [6.07, 6.45) is 8.78. The maximum atomic E-state index is 13.4. The molecule has 0 saturated carbocycles. The highest BCUT2D eigenvalue weighted by Crippen LogP contribution is 2.27. The number of fused-ring (bicyclic) bond motifs is 1. The summed E-state index contributed by atoms with van der Waals surface area (Å²) in [6.45, 7) is 1.71. The monoisotopic (exact) mass is 491 g/mol. The fourth-order valence-electron chi connectivity index (χ4n) is 4.19. The van der Waals surface area contributed by atoms with Gasteiger partial charge >= 0.3 is 0 Å². The molecule has 2 atom stereocenters. The van der Waals surface area contributed by atoms with Crippen molar-refractivity contribution < 1.29 is 23.2 Å². The molecule has 0 aromatic heterocycles. The smallest absolute Gasteiger partial charge is 0.249 e. The predicted molar refractivity (Wildman–Crippen MR) is 131 cm³/mol. The number of nitrogens with one attached hydrogen (secondary N) is 2. The van der Waals surface area contributed by atoms with Crippen molar-refractivity contribution in [3.8, 4) is 0 Å². The molecule has 2 aromatic rings. The van der Waals surface area contributed by atoms with Gasteiger partial charge in [0.05, 0.1) is 6.54 Å². The first kappa shape index (κ1) is 25.0. The highest BCUT2D eigenvalue weighted by atomic mass is 19.1. The Labute approximate surface area is 208 Å². The molecule has 1 aliphatic heterocycles. The van der Waals surface area contributed by atoms with Gasteiger partial charge in [0.2, 0.25) is 17.7 Å². The van der Waals surface area contributed by atoms with Gasteiger partial charge in [0.15, 0.2) is 0 Å². The van der Waals surface area contributed by atoms with E-state index < -0.39 is 35.4 Å². The Morgan fingerprint density at radius 2 is 1.69 bits per heavy atom. The molecule has 8 heteroatoms. The second-order valence-corrected chi connectivity index (χ2v) is 8.91. The zero-order valence-corrected chi connectivity index (χ0v) is 19.8. The van der Waals surface area contributed by atoms with Gasteiger partial charge < -0.3 is 15.5 Å². The lowest BCUT2D eigenvalue weighted by Crippen LogP contribution is -2.51. The Bertz CT molecular complexity index is 1230. The van der Waals surface area contributed by atoms with Gasteiger partial charge in [-0.15, -0.1) is 0 Å². The Morgan fingerprint density at radius 3 is 2.39 bits per heavy atom. The Kier molecular flexibility index (Phi) is 7.73. The fourth-order valence-corrected chi connectivity index (χ4v) is 4.19. The third-order valence-electron chi connectivity index (χ3n) is 6.19. The fraction of sp³-hybridized carbons (Fsp3) is 0.250. The topological polar surface area (TPSA) is 78.5 Å². The molecule has 4 rings (SSSR count). The number of hydrogen-bond donors (Lipinski definition) is 2. The summed E-state index contributed by atoms with van der Waals surface area (Å²) >= 11 is 0. The minimum absolute atomic E-state index is 0.137. The molecule has 0 bridgehead atoms. The van der Waals surface area contributed by atoms with Gasteiger partial charge in [0, 0.05) is 25.2 Å². The summed E-state index contributed by atoms with van der Waals surface area (Å²) < 4.78 is 26.8. The molecule has 186 valence electrons. The highest BCUT2D eigenvalue weighted by Gasteiger charge is 2.32. The van der Waals surface area contributed by atoms with Crippen molar-refractivity contribution >= 4 is 17.7 Å². The van der Waals surface area contributed by atoms with Crippen LogP contribution in [0.3, 0.4) is 0 Å². The number of rotatable bonds is 8. The highest BCUT2D eigenvalue weighted by molar-refractivity contribution is 6.01. The second kappa shape index (κ2) is 11.1. The van der Waals surface area contributed by atoms with E-state index in [0.29, 0.717) is 6.54 Å². The van der Waals surface area contributed by atoms with E-state index >= 15 is 0 Å². The number of allylic oxidation sites excluding steroid dienone is 3. The SMILES string of the molecule is CC(C(=O)NCc1cc(F)cc(F)c1)C(=O)NC(Cc1ccccc1)C(=O)N1C=C2CC=CC=C2C1. The average Bonchev–Trinajstić information content (AvgIpc) is 3.30. The Hall–Kier alpha value is -4.07. The van der Waals surface area contributed by atoms with Gasteiger partial charge in [-0.3, -0.25) is 14.4 Å². The molecule has 0 spiro atoms. The summed E-state index contributed by atoms with van der Waals surface area (Å²) in [5.74, 6) is -4.13. The van der Waals surface area contributed by atoms with Gasteiger partial charge in [0.25, 0.3) is 0 Å². The van der Waals surface area contributed by atoms with Crippen molar-refractivity contribution in [3.63, 3.8) is 0 Å². The molecular formula is C28H27F2N3O3. The van der Waals surface area contributed by atoms with Crippen LogP contribution in [0.1, 0.15) is 24.5 Å². The molecule has 2 N–H and O–H groups in total. The van der Waals surface area contributed by atoms with Crippen molar-refractivity contribution in [1.29, 1.82) is 0 Å². The lowest BCUT2D eigenvalue weighted by Gasteiger charge is -2.24. The van der Waals surface area contributed by atoms with E-state index in [4.69, 9.17) is 0 Å². The normalized spacial score (nSPS) is 15.9. The molecule has 1 aliphatic carbocycles. The van der Waals surface area contributed by atoms with Gasteiger partial charge in [-0.2, -0.15) is 0 Å². The lowest BCUT2D eigenvalue weighted by molar-refractivity contribution is -0.139. The third-order valence-corrected chi connectivity index (χ3v) is 6.19. The summed E-state index contributed by atoms with van der Waals surface area (Å²) in [4.78, 5) is 40.6. The van der Waals surface area contributed by atoms with Crippen LogP contribution in [-0.4, -0.2) is 35.2 Å². The van der Waals surface area contributed by atoms with Crippen LogP contribution in [0.2, 0.25) is 0 Å². The largest absolute Gasteiger partial charge is 0.351 e. The van der Waals surface area contributed by atoms with E-state index in [0.717, 1.165) is 41.3 Å². The van der Waals surface area contributed by atoms with E-state index in [1.54, 1.807) is 4.90 Å². The van der Waals surface area contributed by atoms with Crippen LogP contribution in [0.4, 0.5) is 8.78 Å². The van der Waals surface area contributed by atoms with Crippen molar-refractivity contribution in [2.75, 3.05) is 6.54 Å². The van der Waals surface area contributed by atoms with E-state index in [1.165, 1.54) is 6.92 Å². The molecule has 0 saturated heterocycles. The maximum Gasteiger partial charge on any atom is 0.249 e. The molecular weight excluding hydrogens is 464 g/mol. The van der Waals surface area contributed by atoms with Crippen molar-refractivity contribution in [1.82, 2.24) is 15.5 Å². The van der Waals surface area contributed by atoms with E-state index in [-0.39, 0.29) is 24.4 Å². The number of benzene rings is 2. The lowest BCUT2D eigenvalue weighted by atomic mass is 10.0. The Morgan fingerprint density at radius 1 is 0.972 bits per heavy atom. The molecule has 6 nitrogen and oxygen atoms in total. The number of carbonyl (C=O) groups excluding carboxylic acids is 3. The van der Waals surface area contributed by atoms with Crippen LogP contribution in [0.15, 0.2) is 84.1 Å². The summed E-state index contributed by atoms with van der Waals surface area (Å²) in [5, 5.41) is 5.27. The van der Waals surface area contributed by atoms with Gasteiger partial charge in [0.1, 0.15) is 23.6 Å². The zero-order chi connectivity index (χ0) is 25.7. The number of halogens is 2. The molecule has 2 aliphatic rings. The Balaban J connectivity index is 1.43. The van der Waals surface area contributed by atoms with Gasteiger partial charge in [-0.05, 0) is 47.8 Å². The minimum Gasteiger partial charge on any atom is -0.351 e. The van der Waals surface area contributed by atoms with Gasteiger partial charge in [-0.25, -0.2) is 8.78 Å². The van der Waals surface area contributed by atoms with Gasteiger partial charge in [-0.1, -0.05) is 48.6 Å². The first-order valence-electron chi connectivity index (χ1n) is 11.7. The van der Waals surface area contributed by atoms with Crippen LogP contribution in [0.25, 0.3) is 0 Å². The van der Waals surface area contributed by atoms with Crippen molar-refractivity contribution in [2.45, 2.75) is 32.4 Å². The van der Waals surface area contributed by atoms with Crippen LogP contribution in [0.5, 0.6) is 0 Å². The van der Waals surface area contributed by atoms with Crippen LogP contribution >= 0.6 is 0 Å². The quantitative estimate of drug-likeness (QED) is 0.555. The van der Waals surface area contributed by atoms with E-state index in [2.05, 4.69) is 10.6 Å². The number of hydrogen-bond acceptors (Lipinski definition) is 3. The molecule has 2 aromatic carbocycles. The molecule has 0 fully saturated rings. The van der Waals surface area contributed by atoms with E-state index in [1.807, 2.05) is 54.8 Å². The summed E-state index contributed by atoms with van der Waals surface area (Å²) in [7, 11) is 0. The standard InChI is InChI=1S/C28H27F2N3O3/c1-18(26(34)31-15-20-11-23(29)14-24(30)12-20)27(35)32-25(13-19-7-3-2-4-8-19)28(36)33-16-21-9-5-6-10-22(21)17-33/h2-9,11-12,14,17-18,25H,10,13,15-16H2,1H3,(H,31,34)(H,32,35). The summed E-state index contributed by atoms with van der Waals surface area (Å²) in [6, 6.07) is 11.4. The maximum absolute atomic E-state index is 13.4. The average molecular weight is 492 g/mol.